The summed E-state index contributed by atoms with van der Waals surface area (Å²) in [5, 5.41) is 6.75. The van der Waals surface area contributed by atoms with E-state index in [1.165, 1.54) is 0 Å². The van der Waals surface area contributed by atoms with E-state index in [2.05, 4.69) is 29.3 Å². The Bertz CT molecular complexity index is 1030. The summed E-state index contributed by atoms with van der Waals surface area (Å²) in [4.78, 5) is 16.8. The predicted molar refractivity (Wildman–Crippen MR) is 115 cm³/mol. The molecule has 0 aliphatic carbocycles. The number of ether oxygens (including phenoxy) is 3. The lowest BCUT2D eigenvalue weighted by Crippen LogP contribution is -2.36. The minimum Gasteiger partial charge on any atom is -0.497 e. The van der Waals surface area contributed by atoms with E-state index in [4.69, 9.17) is 18.7 Å². The molecule has 0 spiro atoms. The van der Waals surface area contributed by atoms with Crippen molar-refractivity contribution in [2.75, 3.05) is 14.2 Å². The van der Waals surface area contributed by atoms with Crippen LogP contribution in [0.1, 0.15) is 38.1 Å². The number of para-hydroxylation sites is 1. The summed E-state index contributed by atoms with van der Waals surface area (Å²) in [5.41, 5.74) is 1.71. The lowest BCUT2D eigenvalue weighted by molar-refractivity contribution is -0.127. The first-order valence-electron chi connectivity index (χ1n) is 10.0. The number of aromatic nitrogens is 2. The molecule has 3 aromatic rings. The molecule has 0 saturated heterocycles. The number of carbonyl (C=O) groups is 1. The van der Waals surface area contributed by atoms with Crippen LogP contribution in [0.25, 0.3) is 11.4 Å². The predicted octanol–water partition coefficient (Wildman–Crippen LogP) is 3.96. The van der Waals surface area contributed by atoms with Gasteiger partial charge in [-0.25, -0.2) is 0 Å². The summed E-state index contributed by atoms with van der Waals surface area (Å²) in [5.74, 6) is 2.56. The fraction of sp³-hybridized carbons (Fsp3) is 0.348. The summed E-state index contributed by atoms with van der Waals surface area (Å²) in [6.07, 6.45) is -0.677. The van der Waals surface area contributed by atoms with E-state index >= 15 is 0 Å². The zero-order valence-corrected chi connectivity index (χ0v) is 18.3. The molecule has 0 saturated carbocycles. The number of hydrogen-bond donors (Lipinski definition) is 1. The largest absolute Gasteiger partial charge is 0.497 e. The maximum absolute atomic E-state index is 12.5. The van der Waals surface area contributed by atoms with Crippen LogP contribution in [0, 0.1) is 0 Å². The van der Waals surface area contributed by atoms with E-state index < -0.39 is 6.10 Å². The van der Waals surface area contributed by atoms with Gasteiger partial charge in [0.1, 0.15) is 17.2 Å². The fourth-order valence-electron chi connectivity index (χ4n) is 3.03. The van der Waals surface area contributed by atoms with E-state index in [9.17, 15) is 4.79 Å². The van der Waals surface area contributed by atoms with Gasteiger partial charge in [0.2, 0.25) is 11.7 Å². The molecule has 0 aliphatic rings. The Balaban J connectivity index is 1.62. The summed E-state index contributed by atoms with van der Waals surface area (Å²) in [6.45, 7) is 5.95. The molecule has 3 rings (SSSR count). The first-order valence-corrected chi connectivity index (χ1v) is 10.0. The van der Waals surface area contributed by atoms with E-state index in [-0.39, 0.29) is 18.3 Å². The molecule has 8 nitrogen and oxygen atoms in total. The van der Waals surface area contributed by atoms with Crippen LogP contribution < -0.4 is 19.5 Å². The van der Waals surface area contributed by atoms with Crippen molar-refractivity contribution in [3.8, 4) is 28.6 Å². The van der Waals surface area contributed by atoms with Crippen LogP contribution >= 0.6 is 0 Å². The van der Waals surface area contributed by atoms with Crippen molar-refractivity contribution in [3.63, 3.8) is 0 Å². The summed E-state index contributed by atoms with van der Waals surface area (Å²) >= 11 is 0. The van der Waals surface area contributed by atoms with Gasteiger partial charge < -0.3 is 24.1 Å². The Kier molecular flexibility index (Phi) is 7.12. The minimum absolute atomic E-state index is 0.0871. The second-order valence-corrected chi connectivity index (χ2v) is 7.25. The third-order valence-corrected chi connectivity index (χ3v) is 4.75. The van der Waals surface area contributed by atoms with Crippen molar-refractivity contribution >= 4 is 5.91 Å². The second-order valence-electron chi connectivity index (χ2n) is 7.25. The van der Waals surface area contributed by atoms with Crippen LogP contribution in [-0.4, -0.2) is 36.4 Å². The first kappa shape index (κ1) is 22.1. The van der Waals surface area contributed by atoms with Gasteiger partial charge in [-0.05, 0) is 36.6 Å². The number of nitrogens with zero attached hydrogens (tertiary/aromatic N) is 2. The van der Waals surface area contributed by atoms with Gasteiger partial charge in [0, 0.05) is 6.07 Å². The Morgan fingerprint density at radius 1 is 1.06 bits per heavy atom. The number of amides is 1. The van der Waals surface area contributed by atoms with Gasteiger partial charge in [-0.3, -0.25) is 4.79 Å². The van der Waals surface area contributed by atoms with Crippen LogP contribution in [0.15, 0.2) is 47.0 Å². The lowest BCUT2D eigenvalue weighted by atomic mass is 10.0. The highest BCUT2D eigenvalue weighted by atomic mass is 16.5. The molecule has 0 unspecified atom stereocenters. The van der Waals surface area contributed by atoms with Crippen molar-refractivity contribution in [2.45, 2.75) is 39.3 Å². The molecule has 0 bridgehead atoms. The highest BCUT2D eigenvalue weighted by Gasteiger charge is 2.19. The Hall–Kier alpha value is -3.55. The lowest BCUT2D eigenvalue weighted by Gasteiger charge is -2.18. The molecule has 0 aliphatic heterocycles. The summed E-state index contributed by atoms with van der Waals surface area (Å²) < 4.78 is 21.7. The molecule has 164 valence electrons. The quantitative estimate of drug-likeness (QED) is 0.554. The Morgan fingerprint density at radius 2 is 1.84 bits per heavy atom. The van der Waals surface area contributed by atoms with Gasteiger partial charge in [-0.15, -0.1) is 0 Å². The van der Waals surface area contributed by atoms with Gasteiger partial charge in [-0.2, -0.15) is 4.98 Å². The van der Waals surface area contributed by atoms with Crippen LogP contribution in [0.4, 0.5) is 0 Å². The summed E-state index contributed by atoms with van der Waals surface area (Å²) in [7, 11) is 3.13. The van der Waals surface area contributed by atoms with Gasteiger partial charge in [0.15, 0.2) is 6.10 Å². The molecule has 0 fully saturated rings. The maximum Gasteiger partial charge on any atom is 0.261 e. The molecular formula is C23H27N3O5. The third kappa shape index (κ3) is 5.33. The van der Waals surface area contributed by atoms with E-state index in [1.54, 1.807) is 39.3 Å². The summed E-state index contributed by atoms with van der Waals surface area (Å²) in [6, 6.07) is 13.0. The van der Waals surface area contributed by atoms with Crippen molar-refractivity contribution in [3.05, 3.63) is 53.9 Å². The molecule has 31 heavy (non-hydrogen) atoms. The van der Waals surface area contributed by atoms with Gasteiger partial charge in [0.05, 0.1) is 26.3 Å². The molecular weight excluding hydrogens is 398 g/mol. The fourth-order valence-corrected chi connectivity index (χ4v) is 3.03. The molecule has 2 aromatic carbocycles. The molecule has 1 amide bonds. The van der Waals surface area contributed by atoms with Crippen LogP contribution in [0.3, 0.4) is 0 Å². The molecule has 1 heterocycles. The average Bonchev–Trinajstić information content (AvgIpc) is 3.25. The zero-order chi connectivity index (χ0) is 22.4. The highest BCUT2D eigenvalue weighted by Crippen LogP contribution is 2.31. The van der Waals surface area contributed by atoms with Gasteiger partial charge in [-0.1, -0.05) is 37.2 Å². The van der Waals surface area contributed by atoms with Crippen LogP contribution in [0.2, 0.25) is 0 Å². The number of carbonyl (C=O) groups excluding carboxylic acids is 1. The number of hydrogen-bond acceptors (Lipinski definition) is 7. The van der Waals surface area contributed by atoms with Crippen molar-refractivity contribution in [2.24, 2.45) is 0 Å². The van der Waals surface area contributed by atoms with Crippen molar-refractivity contribution < 1.29 is 23.5 Å². The van der Waals surface area contributed by atoms with Crippen LogP contribution in [-0.2, 0) is 11.3 Å². The van der Waals surface area contributed by atoms with E-state index in [1.807, 2.05) is 24.3 Å². The monoisotopic (exact) mass is 425 g/mol. The molecule has 0 radical (unpaired) electrons. The second kappa shape index (κ2) is 9.97. The minimum atomic E-state index is -0.677. The molecule has 1 N–H and O–H groups in total. The van der Waals surface area contributed by atoms with Gasteiger partial charge in [0.25, 0.3) is 5.91 Å². The normalized spacial score (nSPS) is 11.8. The highest BCUT2D eigenvalue weighted by molar-refractivity contribution is 5.80. The Labute approximate surface area is 181 Å². The zero-order valence-electron chi connectivity index (χ0n) is 18.3. The number of rotatable bonds is 9. The van der Waals surface area contributed by atoms with Crippen molar-refractivity contribution in [1.82, 2.24) is 15.5 Å². The SMILES string of the molecule is COc1ccc(-c2noc(CNC(=O)[C@@H](C)Oc3ccccc3C(C)C)n2)c(OC)c1. The third-order valence-electron chi connectivity index (χ3n) is 4.75. The molecule has 1 aromatic heterocycles. The average molecular weight is 425 g/mol. The molecule has 1 atom stereocenters. The standard InChI is InChI=1S/C23H27N3O5/c1-14(2)17-8-6-7-9-19(17)30-15(3)23(27)24-13-21-25-22(26-31-21)18-11-10-16(28-4)12-20(18)29-5/h6-12,14-15H,13H2,1-5H3,(H,24,27)/t15-/m1/s1. The smallest absolute Gasteiger partial charge is 0.261 e. The van der Waals surface area contributed by atoms with Gasteiger partial charge >= 0.3 is 0 Å². The number of methoxy groups -OCH3 is 2. The number of nitrogens with one attached hydrogen (secondary N) is 1. The van der Waals surface area contributed by atoms with Crippen LogP contribution in [0.5, 0.6) is 17.2 Å². The van der Waals surface area contributed by atoms with Crippen molar-refractivity contribution in [1.29, 1.82) is 0 Å². The topological polar surface area (TPSA) is 95.7 Å². The first-order chi connectivity index (χ1) is 14.9. The van der Waals surface area contributed by atoms with E-state index in [0.29, 0.717) is 34.6 Å². The molecule has 8 heteroatoms. The van der Waals surface area contributed by atoms with E-state index in [0.717, 1.165) is 5.56 Å². The Morgan fingerprint density at radius 3 is 2.55 bits per heavy atom. The number of benzene rings is 2. The maximum atomic E-state index is 12.5.